The first-order valence-electron chi connectivity index (χ1n) is 22.0. The minimum atomic E-state index is -2.86. The van der Waals surface area contributed by atoms with Gasteiger partial charge < -0.3 is 14.6 Å². The molecule has 0 fully saturated rings. The fourth-order valence-corrected chi connectivity index (χ4v) is 15.3. The van der Waals surface area contributed by atoms with E-state index in [-0.39, 0.29) is 6.17 Å². The lowest BCUT2D eigenvalue weighted by atomic mass is 9.86. The van der Waals surface area contributed by atoms with E-state index in [9.17, 15) is 0 Å². The molecule has 0 spiro atoms. The van der Waals surface area contributed by atoms with E-state index in [1.165, 1.54) is 81.6 Å². The zero-order chi connectivity index (χ0) is 41.9. The maximum Gasteiger partial charge on any atom is 0.179 e. The third kappa shape index (κ3) is 5.86. The van der Waals surface area contributed by atoms with E-state index in [1.807, 2.05) is 6.07 Å². The van der Waals surface area contributed by atoms with Crippen molar-refractivity contribution in [2.45, 2.75) is 19.5 Å². The first-order valence-corrected chi connectivity index (χ1v) is 24.0. The van der Waals surface area contributed by atoms with Crippen LogP contribution in [-0.4, -0.2) is 14.2 Å². The van der Waals surface area contributed by atoms with E-state index >= 15 is 0 Å². The second-order valence-corrected chi connectivity index (χ2v) is 20.5. The molecule has 0 aliphatic carbocycles. The highest BCUT2D eigenvalue weighted by atomic mass is 28.3. The molecule has 1 aromatic heterocycles. The number of para-hydroxylation sites is 3. The summed E-state index contributed by atoms with van der Waals surface area (Å²) in [4.78, 5) is 2.44. The molecule has 4 heteroatoms. The summed E-state index contributed by atoms with van der Waals surface area (Å²) in [5.41, 5.74) is 10.4. The SMILES string of the molecule is CCC1Nc2ccccc2N1c1ccc(-c2c3ccccc3c(-c3ccc([Si](c4ccccc4)(c4ccccc4)c4ccc5c(c4)oc4ccccc45)cc3)c3ccccc23)cc1. The minimum absolute atomic E-state index is 0.217. The molecule has 1 aliphatic heterocycles. The van der Waals surface area contributed by atoms with Crippen LogP contribution in [0.2, 0.25) is 0 Å². The molecule has 1 atom stereocenters. The number of anilines is 3. The van der Waals surface area contributed by atoms with Gasteiger partial charge in [0.15, 0.2) is 8.07 Å². The Morgan fingerprint density at radius 3 is 1.48 bits per heavy atom. The molecule has 63 heavy (non-hydrogen) atoms. The Kier molecular flexibility index (Phi) is 8.87. The first kappa shape index (κ1) is 37.1. The van der Waals surface area contributed by atoms with Gasteiger partial charge in [0.1, 0.15) is 17.3 Å². The molecular formula is C59H44N2OSi. The maximum atomic E-state index is 6.56. The molecule has 1 N–H and O–H groups in total. The normalized spacial score (nSPS) is 13.8. The smallest absolute Gasteiger partial charge is 0.179 e. The minimum Gasteiger partial charge on any atom is -0.456 e. The van der Waals surface area contributed by atoms with Crippen LogP contribution in [0.5, 0.6) is 0 Å². The van der Waals surface area contributed by atoms with Gasteiger partial charge in [-0.2, -0.15) is 0 Å². The van der Waals surface area contributed by atoms with Gasteiger partial charge in [0.25, 0.3) is 0 Å². The number of hydrogen-bond acceptors (Lipinski definition) is 3. The van der Waals surface area contributed by atoms with Crippen molar-refractivity contribution in [1.29, 1.82) is 0 Å². The fourth-order valence-electron chi connectivity index (χ4n) is 10.6. The van der Waals surface area contributed by atoms with Crippen molar-refractivity contribution in [2.24, 2.45) is 0 Å². The van der Waals surface area contributed by atoms with Crippen molar-refractivity contribution in [3.63, 3.8) is 0 Å². The molecule has 0 radical (unpaired) electrons. The van der Waals surface area contributed by atoms with Gasteiger partial charge in [0.05, 0.1) is 11.4 Å². The highest BCUT2D eigenvalue weighted by Crippen LogP contribution is 2.45. The highest BCUT2D eigenvalue weighted by molar-refractivity contribution is 7.20. The van der Waals surface area contributed by atoms with E-state index in [2.05, 4.69) is 236 Å². The first-order chi connectivity index (χ1) is 31.2. The topological polar surface area (TPSA) is 28.4 Å². The lowest BCUT2D eigenvalue weighted by Crippen LogP contribution is -2.74. The summed E-state index contributed by atoms with van der Waals surface area (Å²) in [5.74, 6) is 0. The molecule has 1 aliphatic rings. The Balaban J connectivity index is 1.02. The second-order valence-electron chi connectivity index (χ2n) is 16.7. The molecular weight excluding hydrogens is 781 g/mol. The average molecular weight is 825 g/mol. The molecule has 0 saturated heterocycles. The molecule has 0 bridgehead atoms. The van der Waals surface area contributed by atoms with Crippen molar-refractivity contribution < 1.29 is 4.42 Å². The Bertz CT molecular complexity index is 3370. The van der Waals surface area contributed by atoms with Crippen molar-refractivity contribution in [2.75, 3.05) is 10.2 Å². The number of nitrogens with zero attached hydrogens (tertiary/aromatic N) is 1. The van der Waals surface area contributed by atoms with Crippen LogP contribution in [0.25, 0.3) is 65.7 Å². The van der Waals surface area contributed by atoms with Crippen molar-refractivity contribution in [3.05, 3.63) is 224 Å². The van der Waals surface area contributed by atoms with Gasteiger partial charge in [-0.05, 0) is 107 Å². The van der Waals surface area contributed by atoms with Gasteiger partial charge in [0, 0.05) is 16.5 Å². The molecule has 12 rings (SSSR count). The van der Waals surface area contributed by atoms with Crippen LogP contribution in [0.15, 0.2) is 229 Å². The van der Waals surface area contributed by atoms with Crippen LogP contribution >= 0.6 is 0 Å². The Hall–Kier alpha value is -7.66. The summed E-state index contributed by atoms with van der Waals surface area (Å²) in [6.07, 6.45) is 1.21. The lowest BCUT2D eigenvalue weighted by molar-refractivity contribution is 0.669. The van der Waals surface area contributed by atoms with Crippen LogP contribution in [0, 0.1) is 0 Å². The molecule has 0 saturated carbocycles. The quantitative estimate of drug-likeness (QED) is 0.0940. The summed E-state index contributed by atoms with van der Waals surface area (Å²) >= 11 is 0. The summed E-state index contributed by atoms with van der Waals surface area (Å²) in [5, 5.41) is 16.3. The number of nitrogens with one attached hydrogen (secondary N) is 1. The van der Waals surface area contributed by atoms with Crippen LogP contribution in [0.4, 0.5) is 17.1 Å². The Labute approximate surface area is 368 Å². The van der Waals surface area contributed by atoms with Gasteiger partial charge >= 0.3 is 0 Å². The predicted molar refractivity (Wildman–Crippen MR) is 270 cm³/mol. The summed E-state index contributed by atoms with van der Waals surface area (Å²) in [6.45, 7) is 2.24. The number of benzene rings is 10. The van der Waals surface area contributed by atoms with Gasteiger partial charge in [-0.25, -0.2) is 0 Å². The van der Waals surface area contributed by atoms with E-state index in [0.717, 1.165) is 28.4 Å². The van der Waals surface area contributed by atoms with E-state index < -0.39 is 8.07 Å². The monoisotopic (exact) mass is 824 g/mol. The Morgan fingerprint density at radius 2 is 0.889 bits per heavy atom. The van der Waals surface area contributed by atoms with E-state index in [4.69, 9.17) is 4.42 Å². The number of hydrogen-bond donors (Lipinski definition) is 1. The van der Waals surface area contributed by atoms with Gasteiger partial charge in [0.2, 0.25) is 0 Å². The van der Waals surface area contributed by atoms with Crippen LogP contribution < -0.4 is 31.0 Å². The van der Waals surface area contributed by atoms with Crippen molar-refractivity contribution in [1.82, 2.24) is 0 Å². The molecule has 300 valence electrons. The molecule has 10 aromatic carbocycles. The van der Waals surface area contributed by atoms with Crippen LogP contribution in [-0.2, 0) is 0 Å². The maximum absolute atomic E-state index is 6.56. The zero-order valence-electron chi connectivity index (χ0n) is 35.0. The molecule has 1 unspecified atom stereocenters. The van der Waals surface area contributed by atoms with Gasteiger partial charge in [-0.15, -0.1) is 0 Å². The summed E-state index contributed by atoms with van der Waals surface area (Å²) in [7, 11) is -2.86. The van der Waals surface area contributed by atoms with Crippen LogP contribution in [0.3, 0.4) is 0 Å². The molecule has 11 aromatic rings. The third-order valence-corrected chi connectivity index (χ3v) is 18.2. The fraction of sp³-hybridized carbons (Fsp3) is 0.0508. The molecule has 2 heterocycles. The third-order valence-electron chi connectivity index (χ3n) is 13.4. The van der Waals surface area contributed by atoms with E-state index in [0.29, 0.717) is 0 Å². The van der Waals surface area contributed by atoms with E-state index in [1.54, 1.807) is 0 Å². The molecule has 3 nitrogen and oxygen atoms in total. The van der Waals surface area contributed by atoms with Gasteiger partial charge in [-0.1, -0.05) is 195 Å². The zero-order valence-corrected chi connectivity index (χ0v) is 36.0. The standard InChI is InChI=1S/C59H44N2OSi/c1-2-57-60-53-26-14-15-27-54(53)61(57)42-33-29-40(30-34-42)58-49-22-9-11-24-51(49)59(52-25-12-10-23-50(52)58)41-31-35-45(36-32-41)63(43-17-5-3-6-18-43,44-19-7-4-8-20-44)46-37-38-48-47-21-13-16-28-55(47)62-56(48)39-46/h3-39,57,60H,2H2,1H3. The Morgan fingerprint density at radius 1 is 0.429 bits per heavy atom. The highest BCUT2D eigenvalue weighted by Gasteiger charge is 2.42. The van der Waals surface area contributed by atoms with Gasteiger partial charge in [-0.3, -0.25) is 0 Å². The largest absolute Gasteiger partial charge is 0.456 e. The van der Waals surface area contributed by atoms with Crippen LogP contribution in [0.1, 0.15) is 13.3 Å². The number of fused-ring (bicyclic) bond motifs is 6. The summed E-state index contributed by atoms with van der Waals surface area (Å²) in [6, 6.07) is 82.9. The average Bonchev–Trinajstić information content (AvgIpc) is 3.93. The van der Waals surface area contributed by atoms with Crippen molar-refractivity contribution in [3.8, 4) is 22.3 Å². The van der Waals surface area contributed by atoms with Crippen molar-refractivity contribution >= 4 is 89.4 Å². The lowest BCUT2D eigenvalue weighted by Gasteiger charge is -2.34. The second kappa shape index (κ2) is 15.1. The summed E-state index contributed by atoms with van der Waals surface area (Å²) < 4.78 is 6.56. The number of furan rings is 1. The molecule has 0 amide bonds. The predicted octanol–water partition coefficient (Wildman–Crippen LogP) is 12.9. The number of rotatable bonds is 8.